The van der Waals surface area contributed by atoms with Crippen molar-refractivity contribution in [1.82, 2.24) is 0 Å². The number of aliphatic hydroxyl groups excluding tert-OH is 1. The quantitative estimate of drug-likeness (QED) is 0.388. The van der Waals surface area contributed by atoms with Gasteiger partial charge in [-0.05, 0) is 6.61 Å². The van der Waals surface area contributed by atoms with E-state index in [4.69, 9.17) is 5.11 Å². The summed E-state index contributed by atoms with van der Waals surface area (Å²) in [6.07, 6.45) is 0. The summed E-state index contributed by atoms with van der Waals surface area (Å²) in [6, 6.07) is 0. The summed E-state index contributed by atoms with van der Waals surface area (Å²) in [5, 5.41) is 7.99. The summed E-state index contributed by atoms with van der Waals surface area (Å²) in [7, 11) is 0. The molecule has 2 heteroatoms. The molecule has 0 aromatic carbocycles. The van der Waals surface area contributed by atoms with E-state index in [9.17, 15) is 0 Å². The predicted octanol–water partition coefficient (Wildman–Crippen LogP) is -0.00882. The van der Waals surface area contributed by atoms with Gasteiger partial charge in [-0.3, -0.25) is 0 Å². The topological polar surface area (TPSA) is 29.5 Å². The van der Waals surface area contributed by atoms with Gasteiger partial charge in [-0.2, -0.15) is 0 Å². The van der Waals surface area contributed by atoms with E-state index in [0.29, 0.717) is 6.61 Å². The third kappa shape index (κ3) is 3.79. The molecule has 0 spiro atoms. The zero-order valence-electron chi connectivity index (χ0n) is 3.55. The molecule has 0 aliphatic carbocycles. The SMILES string of the molecule is [CH2-]CO[CH+]CO. The van der Waals surface area contributed by atoms with Crippen molar-refractivity contribution in [3.8, 4) is 0 Å². The highest BCUT2D eigenvalue weighted by Gasteiger charge is 1.84. The average molecular weight is 88.1 g/mol. The normalized spacial score (nSPS) is 8.33. The van der Waals surface area contributed by atoms with E-state index in [2.05, 4.69) is 11.7 Å². The zero-order chi connectivity index (χ0) is 4.83. The lowest BCUT2D eigenvalue weighted by Crippen LogP contribution is -1.89. The lowest BCUT2D eigenvalue weighted by Gasteiger charge is -1.83. The Bertz CT molecular complexity index is 17.5. The zero-order valence-corrected chi connectivity index (χ0v) is 3.55. The molecular formula is C4H8O2. The Kier molecular flexibility index (Phi) is 4.62. The van der Waals surface area contributed by atoms with Crippen molar-refractivity contribution in [1.29, 1.82) is 0 Å². The summed E-state index contributed by atoms with van der Waals surface area (Å²) in [5.74, 6) is 0. The number of aliphatic hydroxyl groups is 1. The molecule has 36 valence electrons. The second-order valence-corrected chi connectivity index (χ2v) is 0.720. The van der Waals surface area contributed by atoms with Crippen LogP contribution in [0.5, 0.6) is 0 Å². The molecule has 1 N–H and O–H groups in total. The standard InChI is InChI=1S/C4H8O2/c1-2-6-4-3-5/h4-5H,1-3H2. The van der Waals surface area contributed by atoms with Gasteiger partial charge in [-0.15, -0.1) is 0 Å². The number of hydrogen-bond donors (Lipinski definition) is 1. The molecule has 0 aliphatic rings. The molecule has 6 heavy (non-hydrogen) atoms. The number of rotatable bonds is 3. The van der Waals surface area contributed by atoms with Crippen molar-refractivity contribution in [2.75, 3.05) is 13.2 Å². The summed E-state index contributed by atoms with van der Waals surface area (Å²) in [5.41, 5.74) is 0. The largest absolute Gasteiger partial charge is 0.353 e. The third-order valence-electron chi connectivity index (χ3n) is 0.310. The first-order valence-electron chi connectivity index (χ1n) is 1.75. The fraction of sp³-hybridized carbons (Fsp3) is 0.500. The van der Waals surface area contributed by atoms with Crippen LogP contribution in [0.2, 0.25) is 0 Å². The maximum atomic E-state index is 7.99. The van der Waals surface area contributed by atoms with E-state index >= 15 is 0 Å². The van der Waals surface area contributed by atoms with Gasteiger partial charge in [0.1, 0.15) is 0 Å². The minimum absolute atomic E-state index is 0.0322. The van der Waals surface area contributed by atoms with Crippen LogP contribution >= 0.6 is 0 Å². The summed E-state index contributed by atoms with van der Waals surface area (Å²) in [4.78, 5) is 0. The predicted molar refractivity (Wildman–Crippen MR) is 22.7 cm³/mol. The minimum atomic E-state index is -0.0322. The first-order chi connectivity index (χ1) is 2.91. The van der Waals surface area contributed by atoms with Crippen molar-refractivity contribution in [3.63, 3.8) is 0 Å². The Labute approximate surface area is 37.7 Å². The maximum Gasteiger partial charge on any atom is 0.250 e. The van der Waals surface area contributed by atoms with E-state index in [1.807, 2.05) is 0 Å². The number of hydrogen-bond acceptors (Lipinski definition) is 2. The monoisotopic (exact) mass is 88.1 g/mol. The molecule has 0 radical (unpaired) electrons. The van der Waals surface area contributed by atoms with Crippen LogP contribution in [0.25, 0.3) is 0 Å². The molecule has 0 saturated heterocycles. The van der Waals surface area contributed by atoms with Crippen LogP contribution in [0, 0.1) is 13.5 Å². The summed E-state index contributed by atoms with van der Waals surface area (Å²) < 4.78 is 4.50. The van der Waals surface area contributed by atoms with E-state index in [0.717, 1.165) is 0 Å². The number of ether oxygens (including phenoxy) is 1. The Hall–Kier alpha value is -0.210. The molecule has 0 fully saturated rings. The first-order valence-corrected chi connectivity index (χ1v) is 1.75. The van der Waals surface area contributed by atoms with E-state index in [1.54, 1.807) is 0 Å². The van der Waals surface area contributed by atoms with Crippen molar-refractivity contribution in [3.05, 3.63) is 13.5 Å². The van der Waals surface area contributed by atoms with Gasteiger partial charge in [-0.25, -0.2) is 4.74 Å². The Morgan fingerprint density at radius 2 is 2.50 bits per heavy atom. The highest BCUT2D eigenvalue weighted by atomic mass is 16.5. The maximum absolute atomic E-state index is 7.99. The minimum Gasteiger partial charge on any atom is -0.353 e. The van der Waals surface area contributed by atoms with Crippen molar-refractivity contribution < 1.29 is 9.84 Å². The van der Waals surface area contributed by atoms with Crippen molar-refractivity contribution >= 4 is 0 Å². The van der Waals surface area contributed by atoms with Crippen LogP contribution in [0.4, 0.5) is 0 Å². The first kappa shape index (κ1) is 5.79. The highest BCUT2D eigenvalue weighted by molar-refractivity contribution is 4.43. The molecule has 0 unspecified atom stereocenters. The molecule has 0 aromatic rings. The van der Waals surface area contributed by atoms with Gasteiger partial charge in [0.15, 0.2) is 0 Å². The fourth-order valence-electron chi connectivity index (χ4n) is 0.136. The molecule has 0 rings (SSSR count). The average Bonchev–Trinajstić information content (AvgIpc) is 1.61. The molecule has 0 heterocycles. The molecule has 0 bridgehead atoms. The van der Waals surface area contributed by atoms with Crippen LogP contribution in [0.3, 0.4) is 0 Å². The van der Waals surface area contributed by atoms with Crippen molar-refractivity contribution in [2.24, 2.45) is 0 Å². The van der Waals surface area contributed by atoms with Gasteiger partial charge in [-0.1, -0.05) is 0 Å². The molecule has 0 amide bonds. The molecule has 0 aliphatic heterocycles. The Morgan fingerprint density at radius 3 is 2.67 bits per heavy atom. The van der Waals surface area contributed by atoms with Gasteiger partial charge < -0.3 is 12.0 Å². The molecule has 2 nitrogen and oxygen atoms in total. The fourth-order valence-corrected chi connectivity index (χ4v) is 0.136. The summed E-state index contributed by atoms with van der Waals surface area (Å²) in [6.45, 7) is 5.01. The van der Waals surface area contributed by atoms with E-state index in [-0.39, 0.29) is 6.61 Å². The molecular weight excluding hydrogens is 80.0 g/mol. The lowest BCUT2D eigenvalue weighted by molar-refractivity contribution is 0.171. The molecule has 0 aromatic heterocycles. The van der Waals surface area contributed by atoms with Crippen LogP contribution in [-0.4, -0.2) is 18.3 Å². The van der Waals surface area contributed by atoms with Gasteiger partial charge in [0.05, 0.1) is 0 Å². The van der Waals surface area contributed by atoms with Gasteiger partial charge in [0, 0.05) is 0 Å². The van der Waals surface area contributed by atoms with Gasteiger partial charge in [0.2, 0.25) is 6.61 Å². The third-order valence-corrected chi connectivity index (χ3v) is 0.310. The molecule has 0 saturated carbocycles. The van der Waals surface area contributed by atoms with Gasteiger partial charge >= 0.3 is 0 Å². The van der Waals surface area contributed by atoms with E-state index < -0.39 is 0 Å². The van der Waals surface area contributed by atoms with Crippen LogP contribution < -0.4 is 0 Å². The lowest BCUT2D eigenvalue weighted by atomic mass is 10.8. The highest BCUT2D eigenvalue weighted by Crippen LogP contribution is 1.73. The Morgan fingerprint density at radius 1 is 1.83 bits per heavy atom. The molecule has 0 atom stereocenters. The van der Waals surface area contributed by atoms with Gasteiger partial charge in [0.25, 0.3) is 6.61 Å². The smallest absolute Gasteiger partial charge is 0.250 e. The second-order valence-electron chi connectivity index (χ2n) is 0.720. The van der Waals surface area contributed by atoms with Crippen LogP contribution in [-0.2, 0) is 4.74 Å². The second kappa shape index (κ2) is 4.79. The van der Waals surface area contributed by atoms with Crippen LogP contribution in [0.1, 0.15) is 0 Å². The summed E-state index contributed by atoms with van der Waals surface area (Å²) >= 11 is 0. The Balaban J connectivity index is 2.34. The van der Waals surface area contributed by atoms with Crippen LogP contribution in [0.15, 0.2) is 0 Å². The van der Waals surface area contributed by atoms with Crippen molar-refractivity contribution in [2.45, 2.75) is 0 Å². The van der Waals surface area contributed by atoms with E-state index in [1.165, 1.54) is 6.61 Å².